The molecule has 1 N–H and O–H groups in total. The molecule has 112 valence electrons. The average Bonchev–Trinajstić information content (AvgIpc) is 3.20. The third kappa shape index (κ3) is 3.67. The van der Waals surface area contributed by atoms with Gasteiger partial charge in [-0.05, 0) is 51.3 Å². The zero-order valence-corrected chi connectivity index (χ0v) is 13.0. The van der Waals surface area contributed by atoms with Gasteiger partial charge in [0.25, 0.3) is 0 Å². The number of ether oxygens (including phenoxy) is 1. The van der Waals surface area contributed by atoms with Gasteiger partial charge in [0.05, 0.1) is 0 Å². The third-order valence-corrected chi connectivity index (χ3v) is 3.93. The summed E-state index contributed by atoms with van der Waals surface area (Å²) in [7, 11) is 0. The summed E-state index contributed by atoms with van der Waals surface area (Å²) in [5.41, 5.74) is 3.65. The lowest BCUT2D eigenvalue weighted by Gasteiger charge is -2.08. The first kappa shape index (κ1) is 14.2. The smallest absolute Gasteiger partial charge is 0.146 e. The van der Waals surface area contributed by atoms with Crippen molar-refractivity contribution in [1.29, 1.82) is 0 Å². The highest BCUT2D eigenvalue weighted by atomic mass is 16.5. The van der Waals surface area contributed by atoms with Crippen LogP contribution in [0.5, 0.6) is 5.75 Å². The number of benzene rings is 1. The Morgan fingerprint density at radius 2 is 2.00 bits per heavy atom. The van der Waals surface area contributed by atoms with Crippen LogP contribution in [0.2, 0.25) is 0 Å². The van der Waals surface area contributed by atoms with Crippen molar-refractivity contribution in [1.82, 2.24) is 5.32 Å². The summed E-state index contributed by atoms with van der Waals surface area (Å²) in [4.78, 5) is 0. The lowest BCUT2D eigenvalue weighted by Crippen LogP contribution is -2.15. The highest BCUT2D eigenvalue weighted by molar-refractivity contribution is 5.35. The molecule has 0 aliphatic heterocycles. The molecule has 1 saturated carbocycles. The molecule has 0 bridgehead atoms. The number of nitrogens with one attached hydrogen (secondary N) is 1. The summed E-state index contributed by atoms with van der Waals surface area (Å²) < 4.78 is 11.7. The first-order valence-electron chi connectivity index (χ1n) is 7.63. The van der Waals surface area contributed by atoms with Crippen molar-refractivity contribution in [2.75, 3.05) is 0 Å². The number of hydrogen-bond donors (Lipinski definition) is 1. The van der Waals surface area contributed by atoms with Crippen molar-refractivity contribution in [3.63, 3.8) is 0 Å². The molecule has 1 aromatic carbocycles. The average molecular weight is 285 g/mol. The Bertz CT molecular complexity index is 626. The van der Waals surface area contributed by atoms with Gasteiger partial charge in [0.1, 0.15) is 23.9 Å². The van der Waals surface area contributed by atoms with Gasteiger partial charge in [-0.1, -0.05) is 17.7 Å². The van der Waals surface area contributed by atoms with E-state index in [9.17, 15) is 0 Å². The van der Waals surface area contributed by atoms with Crippen LogP contribution >= 0.6 is 0 Å². The molecular formula is C18H23NO2. The predicted octanol–water partition coefficient (Wildman–Crippen LogP) is 4.04. The predicted molar refractivity (Wildman–Crippen MR) is 83.6 cm³/mol. The molecule has 1 aliphatic carbocycles. The first-order valence-corrected chi connectivity index (χ1v) is 7.63. The van der Waals surface area contributed by atoms with Crippen LogP contribution in [0.3, 0.4) is 0 Å². The van der Waals surface area contributed by atoms with Crippen LogP contribution in [0.25, 0.3) is 0 Å². The summed E-state index contributed by atoms with van der Waals surface area (Å²) in [5.74, 6) is 2.80. The van der Waals surface area contributed by atoms with Crippen molar-refractivity contribution in [2.45, 2.75) is 52.8 Å². The summed E-state index contributed by atoms with van der Waals surface area (Å²) in [6.07, 6.45) is 2.61. The molecule has 3 rings (SSSR count). The number of furan rings is 1. The number of rotatable bonds is 6. The van der Waals surface area contributed by atoms with Crippen LogP contribution in [-0.4, -0.2) is 6.04 Å². The van der Waals surface area contributed by atoms with Crippen LogP contribution in [0, 0.1) is 20.8 Å². The zero-order chi connectivity index (χ0) is 14.8. The lowest BCUT2D eigenvalue weighted by molar-refractivity contribution is 0.266. The van der Waals surface area contributed by atoms with Crippen LogP contribution in [0.4, 0.5) is 0 Å². The molecule has 3 nitrogen and oxygen atoms in total. The van der Waals surface area contributed by atoms with Gasteiger partial charge in [0, 0.05) is 18.2 Å². The Balaban J connectivity index is 1.60. The molecule has 1 fully saturated rings. The molecule has 3 heteroatoms. The molecule has 0 atom stereocenters. The van der Waals surface area contributed by atoms with E-state index in [1.165, 1.54) is 24.0 Å². The Kier molecular flexibility index (Phi) is 4.02. The van der Waals surface area contributed by atoms with Gasteiger partial charge >= 0.3 is 0 Å². The second kappa shape index (κ2) is 5.94. The minimum atomic E-state index is 0.480. The highest BCUT2D eigenvalue weighted by Gasteiger charge is 2.21. The Labute approximate surface area is 126 Å². The highest BCUT2D eigenvalue weighted by Crippen LogP contribution is 2.23. The van der Waals surface area contributed by atoms with Gasteiger partial charge in [0.2, 0.25) is 0 Å². The van der Waals surface area contributed by atoms with E-state index < -0.39 is 0 Å². The minimum absolute atomic E-state index is 0.480. The van der Waals surface area contributed by atoms with Crippen molar-refractivity contribution in [2.24, 2.45) is 0 Å². The maximum Gasteiger partial charge on any atom is 0.146 e. The fraction of sp³-hybridized carbons (Fsp3) is 0.444. The second-order valence-corrected chi connectivity index (χ2v) is 6.01. The van der Waals surface area contributed by atoms with Crippen LogP contribution < -0.4 is 10.1 Å². The molecule has 0 saturated heterocycles. The van der Waals surface area contributed by atoms with Crippen molar-refractivity contribution < 1.29 is 9.15 Å². The molecule has 21 heavy (non-hydrogen) atoms. The molecule has 1 heterocycles. The summed E-state index contributed by atoms with van der Waals surface area (Å²) in [6.45, 7) is 7.55. The third-order valence-electron chi connectivity index (χ3n) is 3.93. The van der Waals surface area contributed by atoms with E-state index in [-0.39, 0.29) is 0 Å². The van der Waals surface area contributed by atoms with Gasteiger partial charge in [-0.15, -0.1) is 0 Å². The molecule has 2 aromatic rings. The van der Waals surface area contributed by atoms with Gasteiger partial charge in [0.15, 0.2) is 0 Å². The SMILES string of the molecule is Cc1ccc(OCc2cc(CNC3CC3)c(C)o2)c(C)c1. The fourth-order valence-electron chi connectivity index (χ4n) is 2.49. The van der Waals surface area contributed by atoms with Gasteiger partial charge in [-0.25, -0.2) is 0 Å². The number of aryl methyl sites for hydroxylation is 3. The van der Waals surface area contributed by atoms with E-state index in [2.05, 4.69) is 37.4 Å². The monoisotopic (exact) mass is 285 g/mol. The molecule has 0 unspecified atom stereocenters. The molecule has 1 aromatic heterocycles. The van der Waals surface area contributed by atoms with E-state index in [1.54, 1.807) is 0 Å². The molecule has 0 amide bonds. The topological polar surface area (TPSA) is 34.4 Å². The molecule has 0 radical (unpaired) electrons. The van der Waals surface area contributed by atoms with E-state index >= 15 is 0 Å². The van der Waals surface area contributed by atoms with E-state index in [1.807, 2.05) is 13.0 Å². The molecule has 1 aliphatic rings. The Hall–Kier alpha value is -1.74. The van der Waals surface area contributed by atoms with E-state index in [0.717, 1.165) is 29.4 Å². The van der Waals surface area contributed by atoms with Crippen LogP contribution in [0.15, 0.2) is 28.7 Å². The second-order valence-electron chi connectivity index (χ2n) is 6.01. The largest absolute Gasteiger partial charge is 0.485 e. The zero-order valence-electron chi connectivity index (χ0n) is 13.0. The van der Waals surface area contributed by atoms with Crippen LogP contribution in [0.1, 0.15) is 41.1 Å². The first-order chi connectivity index (χ1) is 10.1. The molecule has 0 spiro atoms. The summed E-state index contributed by atoms with van der Waals surface area (Å²) in [5, 5.41) is 3.52. The van der Waals surface area contributed by atoms with Gasteiger partial charge in [-0.2, -0.15) is 0 Å². The van der Waals surface area contributed by atoms with E-state index in [0.29, 0.717) is 12.6 Å². The Morgan fingerprint density at radius 3 is 2.71 bits per heavy atom. The molecular weight excluding hydrogens is 262 g/mol. The maximum atomic E-state index is 5.87. The van der Waals surface area contributed by atoms with Crippen LogP contribution in [-0.2, 0) is 13.2 Å². The van der Waals surface area contributed by atoms with E-state index in [4.69, 9.17) is 9.15 Å². The quantitative estimate of drug-likeness (QED) is 0.870. The van der Waals surface area contributed by atoms with Gasteiger partial charge < -0.3 is 14.5 Å². The fourth-order valence-corrected chi connectivity index (χ4v) is 2.49. The van der Waals surface area contributed by atoms with Crippen molar-refractivity contribution in [3.8, 4) is 5.75 Å². The number of hydrogen-bond acceptors (Lipinski definition) is 3. The normalized spacial score (nSPS) is 14.4. The maximum absolute atomic E-state index is 5.87. The lowest BCUT2D eigenvalue weighted by atomic mass is 10.1. The van der Waals surface area contributed by atoms with Crippen molar-refractivity contribution in [3.05, 3.63) is 52.5 Å². The standard InChI is InChI=1S/C18H23NO2/c1-12-4-7-18(13(2)8-12)20-11-17-9-15(14(3)21-17)10-19-16-5-6-16/h4,7-9,16,19H,5-6,10-11H2,1-3H3. The summed E-state index contributed by atoms with van der Waals surface area (Å²) in [6, 6.07) is 9.05. The summed E-state index contributed by atoms with van der Waals surface area (Å²) >= 11 is 0. The van der Waals surface area contributed by atoms with Crippen molar-refractivity contribution >= 4 is 0 Å². The van der Waals surface area contributed by atoms with Gasteiger partial charge in [-0.3, -0.25) is 0 Å². The Morgan fingerprint density at radius 1 is 1.19 bits per heavy atom. The minimum Gasteiger partial charge on any atom is -0.485 e.